The third-order valence-electron chi connectivity index (χ3n) is 3.18. The molecule has 1 aromatic carbocycles. The predicted molar refractivity (Wildman–Crippen MR) is 71.1 cm³/mol. The Bertz CT molecular complexity index is 410. The lowest BCUT2D eigenvalue weighted by Crippen LogP contribution is -2.15. The summed E-state index contributed by atoms with van der Waals surface area (Å²) in [7, 11) is 0. The molecule has 0 aliphatic carbocycles. The number of anilines is 1. The molecule has 0 amide bonds. The monoisotopic (exact) mass is 215 g/mol. The normalized spacial score (nSPS) is 16.3. The van der Waals surface area contributed by atoms with E-state index < -0.39 is 0 Å². The fraction of sp³-hybridized carbons (Fsp3) is 0.467. The Morgan fingerprint density at radius 1 is 1.25 bits per heavy atom. The molecule has 1 aromatic rings. The Morgan fingerprint density at radius 3 is 2.69 bits per heavy atom. The Hall–Kier alpha value is -1.24. The average molecular weight is 215 g/mol. The minimum atomic E-state index is 0.198. The molecule has 86 valence electrons. The van der Waals surface area contributed by atoms with Gasteiger partial charge < -0.3 is 5.32 Å². The Morgan fingerprint density at radius 2 is 2.00 bits per heavy atom. The van der Waals surface area contributed by atoms with E-state index in [9.17, 15) is 0 Å². The Kier molecular flexibility index (Phi) is 2.79. The first kappa shape index (κ1) is 11.3. The van der Waals surface area contributed by atoms with Gasteiger partial charge in [-0.2, -0.15) is 0 Å². The molecule has 2 rings (SSSR count). The van der Waals surface area contributed by atoms with Gasteiger partial charge in [-0.1, -0.05) is 51.1 Å². The van der Waals surface area contributed by atoms with Crippen LogP contribution in [0.5, 0.6) is 0 Å². The lowest BCUT2D eigenvalue weighted by molar-refractivity contribution is 0.591. The van der Waals surface area contributed by atoms with Crippen LogP contribution in [-0.4, -0.2) is 6.54 Å². The summed E-state index contributed by atoms with van der Waals surface area (Å²) < 4.78 is 0. The first-order valence-corrected chi connectivity index (χ1v) is 6.01. The number of nitrogens with one attached hydrogen (secondary N) is 1. The first-order valence-electron chi connectivity index (χ1n) is 6.01. The molecule has 0 fully saturated rings. The van der Waals surface area contributed by atoms with E-state index in [1.54, 1.807) is 0 Å². The smallest absolute Gasteiger partial charge is 0.0414 e. The Labute approximate surface area is 98.6 Å². The lowest BCUT2D eigenvalue weighted by Gasteiger charge is -2.24. The number of para-hydroxylation sites is 1. The standard InChI is InChI=1S/C15H21N/c1-11-8-9-16-14-12(10-11)6-5-7-13(14)15(2,3)4/h5-7,16H,1,8-10H2,2-4H3. The average Bonchev–Trinajstić information content (AvgIpc) is 2.35. The van der Waals surface area contributed by atoms with Gasteiger partial charge in [-0.25, -0.2) is 0 Å². The summed E-state index contributed by atoms with van der Waals surface area (Å²) in [5.41, 5.74) is 5.69. The molecule has 1 aliphatic rings. The van der Waals surface area contributed by atoms with Crippen LogP contribution in [0.2, 0.25) is 0 Å². The van der Waals surface area contributed by atoms with Gasteiger partial charge in [0.05, 0.1) is 0 Å². The van der Waals surface area contributed by atoms with Gasteiger partial charge in [0.15, 0.2) is 0 Å². The molecule has 0 aromatic heterocycles. The highest BCUT2D eigenvalue weighted by atomic mass is 14.9. The summed E-state index contributed by atoms with van der Waals surface area (Å²) in [6.45, 7) is 11.9. The van der Waals surface area contributed by atoms with E-state index in [1.165, 1.54) is 22.4 Å². The maximum absolute atomic E-state index is 4.12. The highest BCUT2D eigenvalue weighted by Crippen LogP contribution is 2.34. The molecule has 1 aliphatic heterocycles. The second-order valence-electron chi connectivity index (χ2n) is 5.69. The van der Waals surface area contributed by atoms with Crippen molar-refractivity contribution >= 4 is 5.69 Å². The van der Waals surface area contributed by atoms with Crippen LogP contribution in [0.15, 0.2) is 30.4 Å². The number of benzene rings is 1. The molecule has 1 heterocycles. The van der Waals surface area contributed by atoms with Crippen molar-refractivity contribution in [3.8, 4) is 0 Å². The highest BCUT2D eigenvalue weighted by Gasteiger charge is 2.21. The number of hydrogen-bond acceptors (Lipinski definition) is 1. The lowest BCUT2D eigenvalue weighted by atomic mass is 9.84. The topological polar surface area (TPSA) is 12.0 Å². The van der Waals surface area contributed by atoms with Crippen molar-refractivity contribution in [3.63, 3.8) is 0 Å². The third kappa shape index (κ3) is 2.13. The van der Waals surface area contributed by atoms with E-state index in [2.05, 4.69) is 50.9 Å². The molecule has 16 heavy (non-hydrogen) atoms. The van der Waals surface area contributed by atoms with E-state index in [0.717, 1.165) is 19.4 Å². The van der Waals surface area contributed by atoms with E-state index in [4.69, 9.17) is 0 Å². The van der Waals surface area contributed by atoms with Gasteiger partial charge in [0.25, 0.3) is 0 Å². The molecule has 0 atom stereocenters. The summed E-state index contributed by atoms with van der Waals surface area (Å²) in [5.74, 6) is 0. The van der Waals surface area contributed by atoms with E-state index in [1.807, 2.05) is 0 Å². The van der Waals surface area contributed by atoms with Crippen molar-refractivity contribution in [2.45, 2.75) is 39.0 Å². The largest absolute Gasteiger partial charge is 0.384 e. The highest BCUT2D eigenvalue weighted by molar-refractivity contribution is 5.61. The molecule has 0 saturated heterocycles. The molecular weight excluding hydrogens is 194 g/mol. The van der Waals surface area contributed by atoms with E-state index in [-0.39, 0.29) is 5.41 Å². The maximum atomic E-state index is 4.12. The minimum absolute atomic E-state index is 0.198. The summed E-state index contributed by atoms with van der Waals surface area (Å²) in [6.07, 6.45) is 2.10. The van der Waals surface area contributed by atoms with Crippen LogP contribution < -0.4 is 5.32 Å². The summed E-state index contributed by atoms with van der Waals surface area (Å²) >= 11 is 0. The summed E-state index contributed by atoms with van der Waals surface area (Å²) in [5, 5.41) is 3.57. The van der Waals surface area contributed by atoms with Crippen molar-refractivity contribution in [2.24, 2.45) is 0 Å². The molecule has 0 bridgehead atoms. The van der Waals surface area contributed by atoms with Crippen molar-refractivity contribution in [1.82, 2.24) is 0 Å². The SMILES string of the molecule is C=C1CCNc2c(cccc2C(C)(C)C)C1. The summed E-state index contributed by atoms with van der Waals surface area (Å²) in [4.78, 5) is 0. The second-order valence-corrected chi connectivity index (χ2v) is 5.69. The molecule has 0 unspecified atom stereocenters. The van der Waals surface area contributed by atoms with Gasteiger partial charge in [-0.3, -0.25) is 0 Å². The molecule has 0 spiro atoms. The molecule has 1 nitrogen and oxygen atoms in total. The molecule has 1 heteroatoms. The zero-order valence-corrected chi connectivity index (χ0v) is 10.6. The van der Waals surface area contributed by atoms with Crippen LogP contribution in [0.1, 0.15) is 38.3 Å². The van der Waals surface area contributed by atoms with Crippen molar-refractivity contribution < 1.29 is 0 Å². The van der Waals surface area contributed by atoms with E-state index in [0.29, 0.717) is 0 Å². The molecule has 1 N–H and O–H groups in total. The zero-order chi connectivity index (χ0) is 11.8. The molecule has 0 saturated carbocycles. The van der Waals surface area contributed by atoms with Gasteiger partial charge in [0.2, 0.25) is 0 Å². The van der Waals surface area contributed by atoms with E-state index >= 15 is 0 Å². The quantitative estimate of drug-likeness (QED) is 0.647. The van der Waals surface area contributed by atoms with Crippen LogP contribution >= 0.6 is 0 Å². The fourth-order valence-electron chi connectivity index (χ4n) is 2.30. The molecule has 0 radical (unpaired) electrons. The Balaban J connectivity index is 2.51. The van der Waals surface area contributed by atoms with Crippen LogP contribution in [-0.2, 0) is 11.8 Å². The van der Waals surface area contributed by atoms with Crippen LogP contribution in [0.25, 0.3) is 0 Å². The maximum Gasteiger partial charge on any atom is 0.0414 e. The number of fused-ring (bicyclic) bond motifs is 1. The van der Waals surface area contributed by atoms with Crippen LogP contribution in [0, 0.1) is 0 Å². The summed E-state index contributed by atoms with van der Waals surface area (Å²) in [6, 6.07) is 6.62. The first-order chi connectivity index (χ1) is 7.48. The van der Waals surface area contributed by atoms with Crippen molar-refractivity contribution in [3.05, 3.63) is 41.5 Å². The fourth-order valence-corrected chi connectivity index (χ4v) is 2.30. The number of hydrogen-bond donors (Lipinski definition) is 1. The third-order valence-corrected chi connectivity index (χ3v) is 3.18. The van der Waals surface area contributed by atoms with Gasteiger partial charge >= 0.3 is 0 Å². The van der Waals surface area contributed by atoms with Gasteiger partial charge in [0, 0.05) is 12.2 Å². The van der Waals surface area contributed by atoms with Gasteiger partial charge in [-0.15, -0.1) is 0 Å². The molecular formula is C15H21N. The zero-order valence-electron chi connectivity index (χ0n) is 10.6. The second kappa shape index (κ2) is 3.97. The minimum Gasteiger partial charge on any atom is -0.384 e. The van der Waals surface area contributed by atoms with Crippen molar-refractivity contribution in [2.75, 3.05) is 11.9 Å². The number of rotatable bonds is 0. The van der Waals surface area contributed by atoms with Gasteiger partial charge in [-0.05, 0) is 29.4 Å². The van der Waals surface area contributed by atoms with Crippen molar-refractivity contribution in [1.29, 1.82) is 0 Å². The van der Waals surface area contributed by atoms with Gasteiger partial charge in [0.1, 0.15) is 0 Å². The van der Waals surface area contributed by atoms with Crippen LogP contribution in [0.3, 0.4) is 0 Å². The predicted octanol–water partition coefficient (Wildman–Crippen LogP) is 3.90. The van der Waals surface area contributed by atoms with Crippen LogP contribution in [0.4, 0.5) is 5.69 Å².